The van der Waals surface area contributed by atoms with Gasteiger partial charge in [-0.05, 0) is 31.9 Å². The third-order valence-electron chi connectivity index (χ3n) is 4.65. The minimum atomic E-state index is -4.41. The molecular weight excluding hydrogens is 526 g/mol. The third kappa shape index (κ3) is 7.69. The Bertz CT molecular complexity index is 797. The van der Waals surface area contributed by atoms with Gasteiger partial charge in [0.15, 0.2) is 11.7 Å². The standard InChI is InChI=1S/C20H26F3N5S.HI/c1-2-24-19(25-11-18-27-17(14-29-18)20(21,22)23)26-16-9-6-10-28(13-16)12-15-7-4-3-5-8-15;/h3-5,7-8,14,16H,2,6,9-13H2,1H3,(H2,24,25,26);1H. The fraction of sp³-hybridized carbons (Fsp3) is 0.500. The van der Waals surface area contributed by atoms with Crippen LogP contribution in [0.2, 0.25) is 0 Å². The van der Waals surface area contributed by atoms with Crippen LogP contribution in [0, 0.1) is 0 Å². The number of hydrogen-bond acceptors (Lipinski definition) is 4. The molecule has 1 saturated heterocycles. The van der Waals surface area contributed by atoms with E-state index in [0.717, 1.165) is 49.2 Å². The van der Waals surface area contributed by atoms with E-state index in [1.807, 2.05) is 25.1 Å². The van der Waals surface area contributed by atoms with Gasteiger partial charge < -0.3 is 10.6 Å². The Kier molecular flexibility index (Phi) is 9.82. The lowest BCUT2D eigenvalue weighted by Crippen LogP contribution is -2.50. The summed E-state index contributed by atoms with van der Waals surface area (Å²) in [6.45, 7) is 5.63. The molecule has 0 spiro atoms. The van der Waals surface area contributed by atoms with Crippen molar-refractivity contribution in [3.8, 4) is 0 Å². The molecule has 1 aromatic heterocycles. The van der Waals surface area contributed by atoms with Crippen LogP contribution >= 0.6 is 35.3 Å². The lowest BCUT2D eigenvalue weighted by Gasteiger charge is -2.34. The van der Waals surface area contributed by atoms with Crippen LogP contribution < -0.4 is 10.6 Å². The number of aliphatic imine (C=N–C) groups is 1. The molecule has 166 valence electrons. The van der Waals surface area contributed by atoms with Crippen molar-refractivity contribution in [2.75, 3.05) is 19.6 Å². The van der Waals surface area contributed by atoms with Crippen molar-refractivity contribution in [3.05, 3.63) is 52.0 Å². The normalized spacial score (nSPS) is 18.0. The summed E-state index contributed by atoms with van der Waals surface area (Å²) < 4.78 is 38.1. The highest BCUT2D eigenvalue weighted by Crippen LogP contribution is 2.30. The molecule has 0 radical (unpaired) electrons. The molecule has 0 bridgehead atoms. The first-order chi connectivity index (χ1) is 13.9. The summed E-state index contributed by atoms with van der Waals surface area (Å²) in [7, 11) is 0. The van der Waals surface area contributed by atoms with Crippen molar-refractivity contribution in [2.45, 2.75) is 45.1 Å². The fourth-order valence-electron chi connectivity index (χ4n) is 3.33. The zero-order valence-corrected chi connectivity index (χ0v) is 19.9. The summed E-state index contributed by atoms with van der Waals surface area (Å²) in [6, 6.07) is 10.6. The van der Waals surface area contributed by atoms with Gasteiger partial charge in [-0.25, -0.2) is 9.98 Å². The number of thiazole rings is 1. The van der Waals surface area contributed by atoms with E-state index in [-0.39, 0.29) is 36.6 Å². The minimum Gasteiger partial charge on any atom is -0.357 e. The fourth-order valence-corrected chi connectivity index (χ4v) is 4.06. The number of hydrogen-bond donors (Lipinski definition) is 2. The first-order valence-electron chi connectivity index (χ1n) is 9.76. The first-order valence-corrected chi connectivity index (χ1v) is 10.6. The van der Waals surface area contributed by atoms with Crippen molar-refractivity contribution < 1.29 is 13.2 Å². The number of alkyl halides is 3. The number of likely N-dealkylation sites (tertiary alicyclic amines) is 1. The maximum atomic E-state index is 12.7. The molecule has 1 aliphatic rings. The summed E-state index contributed by atoms with van der Waals surface area (Å²) in [5.41, 5.74) is 0.437. The molecular formula is C20H27F3IN5S. The van der Waals surface area contributed by atoms with Gasteiger partial charge in [-0.15, -0.1) is 35.3 Å². The van der Waals surface area contributed by atoms with Crippen molar-refractivity contribution in [1.29, 1.82) is 0 Å². The molecule has 5 nitrogen and oxygen atoms in total. The number of halogens is 4. The molecule has 2 aromatic rings. The summed E-state index contributed by atoms with van der Waals surface area (Å²) >= 11 is 0.982. The molecule has 30 heavy (non-hydrogen) atoms. The first kappa shape index (κ1) is 24.9. The monoisotopic (exact) mass is 553 g/mol. The zero-order chi connectivity index (χ0) is 20.7. The number of nitrogens with one attached hydrogen (secondary N) is 2. The van der Waals surface area contributed by atoms with E-state index in [9.17, 15) is 13.2 Å². The molecule has 1 unspecified atom stereocenters. The highest BCUT2D eigenvalue weighted by Gasteiger charge is 2.33. The van der Waals surface area contributed by atoms with Crippen LogP contribution in [-0.4, -0.2) is 41.5 Å². The van der Waals surface area contributed by atoms with Crippen molar-refractivity contribution in [1.82, 2.24) is 20.5 Å². The highest BCUT2D eigenvalue weighted by molar-refractivity contribution is 14.0. The van der Waals surface area contributed by atoms with Crippen LogP contribution in [0.1, 0.15) is 36.0 Å². The lowest BCUT2D eigenvalue weighted by atomic mass is 10.0. The molecule has 1 aromatic carbocycles. The molecule has 1 fully saturated rings. The molecule has 3 rings (SSSR count). The van der Waals surface area contributed by atoms with E-state index in [1.54, 1.807) is 0 Å². The van der Waals surface area contributed by atoms with E-state index in [2.05, 4.69) is 37.6 Å². The third-order valence-corrected chi connectivity index (χ3v) is 5.49. The van der Waals surface area contributed by atoms with E-state index < -0.39 is 11.9 Å². The number of nitrogens with zero attached hydrogens (tertiary/aromatic N) is 3. The Balaban J connectivity index is 0.00000320. The number of piperidine rings is 1. The van der Waals surface area contributed by atoms with Gasteiger partial charge in [0.05, 0.1) is 6.54 Å². The highest BCUT2D eigenvalue weighted by atomic mass is 127. The zero-order valence-electron chi connectivity index (χ0n) is 16.8. The summed E-state index contributed by atoms with van der Waals surface area (Å²) in [4.78, 5) is 10.5. The van der Waals surface area contributed by atoms with Crippen molar-refractivity contribution in [2.24, 2.45) is 4.99 Å². The molecule has 0 amide bonds. The molecule has 1 atom stereocenters. The Hall–Kier alpha value is -1.40. The van der Waals surface area contributed by atoms with E-state index in [1.165, 1.54) is 5.56 Å². The quantitative estimate of drug-likeness (QED) is 0.315. The Morgan fingerprint density at radius 3 is 2.73 bits per heavy atom. The average molecular weight is 553 g/mol. The van der Waals surface area contributed by atoms with Crippen LogP contribution in [-0.2, 0) is 19.3 Å². The van der Waals surface area contributed by atoms with Gasteiger partial charge in [0, 0.05) is 31.1 Å². The number of benzene rings is 1. The second kappa shape index (κ2) is 11.8. The van der Waals surface area contributed by atoms with E-state index in [4.69, 9.17) is 0 Å². The maximum Gasteiger partial charge on any atom is 0.434 e. The molecule has 0 saturated carbocycles. The van der Waals surface area contributed by atoms with Gasteiger partial charge in [-0.1, -0.05) is 30.3 Å². The van der Waals surface area contributed by atoms with E-state index in [0.29, 0.717) is 17.5 Å². The molecule has 0 aliphatic carbocycles. The Morgan fingerprint density at radius 2 is 2.07 bits per heavy atom. The molecule has 2 N–H and O–H groups in total. The number of rotatable bonds is 6. The molecule has 2 heterocycles. The lowest BCUT2D eigenvalue weighted by molar-refractivity contribution is -0.140. The van der Waals surface area contributed by atoms with Crippen LogP contribution in [0.3, 0.4) is 0 Å². The Morgan fingerprint density at radius 1 is 1.30 bits per heavy atom. The van der Waals surface area contributed by atoms with Gasteiger partial charge in [-0.2, -0.15) is 13.2 Å². The second-order valence-electron chi connectivity index (χ2n) is 7.02. The number of guanidine groups is 1. The van der Waals surface area contributed by atoms with Gasteiger partial charge in [0.1, 0.15) is 5.01 Å². The van der Waals surface area contributed by atoms with Gasteiger partial charge in [0.25, 0.3) is 0 Å². The summed E-state index contributed by atoms with van der Waals surface area (Å²) in [5.74, 6) is 0.614. The summed E-state index contributed by atoms with van der Waals surface area (Å²) in [6.07, 6.45) is -2.29. The Labute approximate surface area is 196 Å². The molecule has 1 aliphatic heterocycles. The van der Waals surface area contributed by atoms with Crippen LogP contribution in [0.4, 0.5) is 13.2 Å². The van der Waals surface area contributed by atoms with Crippen LogP contribution in [0.5, 0.6) is 0 Å². The topological polar surface area (TPSA) is 52.6 Å². The second-order valence-corrected chi connectivity index (χ2v) is 7.97. The van der Waals surface area contributed by atoms with Gasteiger partial charge in [0.2, 0.25) is 0 Å². The predicted octanol–water partition coefficient (Wildman–Crippen LogP) is 4.50. The summed E-state index contributed by atoms with van der Waals surface area (Å²) in [5, 5.41) is 7.99. The van der Waals surface area contributed by atoms with Gasteiger partial charge in [-0.3, -0.25) is 4.90 Å². The van der Waals surface area contributed by atoms with Crippen LogP contribution in [0.15, 0.2) is 40.7 Å². The minimum absolute atomic E-state index is 0. The number of aromatic nitrogens is 1. The molecule has 10 heteroatoms. The van der Waals surface area contributed by atoms with E-state index >= 15 is 0 Å². The average Bonchev–Trinajstić information content (AvgIpc) is 3.17. The predicted molar refractivity (Wildman–Crippen MR) is 125 cm³/mol. The van der Waals surface area contributed by atoms with Crippen molar-refractivity contribution >= 4 is 41.3 Å². The largest absolute Gasteiger partial charge is 0.434 e. The van der Waals surface area contributed by atoms with Crippen LogP contribution in [0.25, 0.3) is 0 Å². The van der Waals surface area contributed by atoms with Gasteiger partial charge >= 0.3 is 6.18 Å². The van der Waals surface area contributed by atoms with Crippen molar-refractivity contribution in [3.63, 3.8) is 0 Å². The SMILES string of the molecule is CCNC(=NCc1nc(C(F)(F)F)cs1)NC1CCCN(Cc2ccccc2)C1.I. The maximum absolute atomic E-state index is 12.7. The smallest absolute Gasteiger partial charge is 0.357 e.